The predicted octanol–water partition coefficient (Wildman–Crippen LogP) is 2.77. The summed E-state index contributed by atoms with van der Waals surface area (Å²) < 4.78 is 0. The van der Waals surface area contributed by atoms with Crippen molar-refractivity contribution in [2.45, 2.75) is 45.2 Å². The van der Waals surface area contributed by atoms with Gasteiger partial charge in [0.1, 0.15) is 0 Å². The Kier molecular flexibility index (Phi) is 4.44. The van der Waals surface area contributed by atoms with Gasteiger partial charge in [0, 0.05) is 25.3 Å². The van der Waals surface area contributed by atoms with Gasteiger partial charge in [-0.15, -0.1) is 0 Å². The highest BCUT2D eigenvalue weighted by molar-refractivity contribution is 5.50. The van der Waals surface area contributed by atoms with E-state index in [1.807, 2.05) is 0 Å². The molecule has 3 nitrogen and oxygen atoms in total. The summed E-state index contributed by atoms with van der Waals surface area (Å²) in [7, 11) is 2.10. The molecule has 1 N–H and O–H groups in total. The van der Waals surface area contributed by atoms with Crippen LogP contribution in [0.15, 0.2) is 18.2 Å². The van der Waals surface area contributed by atoms with Crippen LogP contribution in [0.1, 0.15) is 30.4 Å². The fraction of sp³-hybridized carbons (Fsp3) is 0.562. The Hall–Kier alpha value is -1.53. The molecule has 0 heterocycles. The number of nitrogens with zero attached hydrogens (tertiary/aromatic N) is 2. The second-order valence-corrected chi connectivity index (χ2v) is 5.68. The lowest BCUT2D eigenvalue weighted by Crippen LogP contribution is -2.33. The van der Waals surface area contributed by atoms with Gasteiger partial charge in [0.15, 0.2) is 0 Å². The van der Waals surface area contributed by atoms with Crippen molar-refractivity contribution in [1.82, 2.24) is 5.32 Å². The predicted molar refractivity (Wildman–Crippen MR) is 79.4 cm³/mol. The highest BCUT2D eigenvalue weighted by atomic mass is 15.1. The van der Waals surface area contributed by atoms with Crippen molar-refractivity contribution in [3.63, 3.8) is 0 Å². The lowest BCUT2D eigenvalue weighted by molar-refractivity contribution is 0.561. The van der Waals surface area contributed by atoms with Crippen molar-refractivity contribution < 1.29 is 0 Å². The molecule has 3 heteroatoms. The Morgan fingerprint density at radius 3 is 2.47 bits per heavy atom. The zero-order chi connectivity index (χ0) is 13.8. The number of hydrogen-bond acceptors (Lipinski definition) is 3. The van der Waals surface area contributed by atoms with E-state index in [-0.39, 0.29) is 6.04 Å². The molecule has 102 valence electrons. The van der Waals surface area contributed by atoms with Gasteiger partial charge in [-0.2, -0.15) is 5.26 Å². The minimum Gasteiger partial charge on any atom is -0.374 e. The minimum atomic E-state index is -0.0131. The first kappa shape index (κ1) is 13.9. The van der Waals surface area contributed by atoms with Crippen LogP contribution in [-0.2, 0) is 0 Å². The summed E-state index contributed by atoms with van der Waals surface area (Å²) in [6.45, 7) is 5.15. The molecule has 1 saturated carbocycles. The van der Waals surface area contributed by atoms with Crippen LogP contribution < -0.4 is 10.2 Å². The van der Waals surface area contributed by atoms with Crippen molar-refractivity contribution in [1.29, 1.82) is 5.26 Å². The van der Waals surface area contributed by atoms with E-state index in [0.717, 1.165) is 13.0 Å². The second-order valence-electron chi connectivity index (χ2n) is 5.68. The molecule has 1 aromatic carbocycles. The van der Waals surface area contributed by atoms with Crippen LogP contribution in [0.25, 0.3) is 0 Å². The van der Waals surface area contributed by atoms with Crippen molar-refractivity contribution in [2.24, 2.45) is 0 Å². The van der Waals surface area contributed by atoms with Gasteiger partial charge >= 0.3 is 0 Å². The molecular weight excluding hydrogens is 234 g/mol. The Labute approximate surface area is 116 Å². The first-order valence-corrected chi connectivity index (χ1v) is 7.03. The van der Waals surface area contributed by atoms with Gasteiger partial charge in [0.05, 0.1) is 12.1 Å². The Bertz CT molecular complexity index is 451. The summed E-state index contributed by atoms with van der Waals surface area (Å²) in [5, 5.41) is 12.5. The van der Waals surface area contributed by atoms with E-state index in [1.54, 1.807) is 0 Å². The van der Waals surface area contributed by atoms with Crippen LogP contribution in [0.4, 0.5) is 5.69 Å². The number of rotatable bonds is 6. The number of aryl methyl sites for hydroxylation is 2. The molecule has 0 aliphatic heterocycles. The summed E-state index contributed by atoms with van der Waals surface area (Å²) in [5.74, 6) is 0. The van der Waals surface area contributed by atoms with Crippen molar-refractivity contribution >= 4 is 5.69 Å². The Balaban J connectivity index is 1.88. The lowest BCUT2D eigenvalue weighted by atomic mass is 10.1. The van der Waals surface area contributed by atoms with E-state index >= 15 is 0 Å². The average molecular weight is 257 g/mol. The van der Waals surface area contributed by atoms with Crippen molar-refractivity contribution in [3.8, 4) is 6.07 Å². The molecular formula is C16H23N3. The van der Waals surface area contributed by atoms with Crippen LogP contribution in [-0.4, -0.2) is 25.7 Å². The molecule has 1 aliphatic rings. The van der Waals surface area contributed by atoms with Crippen molar-refractivity contribution in [3.05, 3.63) is 29.3 Å². The maximum absolute atomic E-state index is 9.14. The van der Waals surface area contributed by atoms with Crippen molar-refractivity contribution in [2.75, 3.05) is 18.5 Å². The molecule has 1 aliphatic carbocycles. The maximum Gasteiger partial charge on any atom is 0.0972 e. The summed E-state index contributed by atoms with van der Waals surface area (Å²) in [5.41, 5.74) is 3.81. The molecule has 0 bridgehead atoms. The van der Waals surface area contributed by atoms with E-state index in [0.29, 0.717) is 6.04 Å². The van der Waals surface area contributed by atoms with E-state index in [4.69, 9.17) is 5.26 Å². The highest BCUT2D eigenvalue weighted by Gasteiger charge is 2.24. The second kappa shape index (κ2) is 6.08. The first-order chi connectivity index (χ1) is 9.08. The maximum atomic E-state index is 9.14. The van der Waals surface area contributed by atoms with E-state index in [2.05, 4.69) is 55.4 Å². The first-order valence-electron chi connectivity index (χ1n) is 7.03. The molecule has 0 spiro atoms. The van der Waals surface area contributed by atoms with Crippen LogP contribution >= 0.6 is 0 Å². The van der Waals surface area contributed by atoms with E-state index in [9.17, 15) is 0 Å². The number of anilines is 1. The van der Waals surface area contributed by atoms with Gasteiger partial charge in [-0.1, -0.05) is 6.07 Å². The molecule has 1 aromatic rings. The lowest BCUT2D eigenvalue weighted by Gasteiger charge is -2.22. The number of hydrogen-bond donors (Lipinski definition) is 1. The summed E-state index contributed by atoms with van der Waals surface area (Å²) in [4.78, 5) is 2.24. The highest BCUT2D eigenvalue weighted by Crippen LogP contribution is 2.21. The number of nitrogens with one attached hydrogen (secondary N) is 1. The third-order valence-corrected chi connectivity index (χ3v) is 3.57. The number of nitriles is 1. The molecule has 0 amide bonds. The van der Waals surface area contributed by atoms with Gasteiger partial charge in [0.25, 0.3) is 0 Å². The molecule has 2 rings (SSSR count). The van der Waals surface area contributed by atoms with Gasteiger partial charge in [0.2, 0.25) is 0 Å². The van der Waals surface area contributed by atoms with Gasteiger partial charge < -0.3 is 4.90 Å². The van der Waals surface area contributed by atoms with Crippen LogP contribution in [0.2, 0.25) is 0 Å². The quantitative estimate of drug-likeness (QED) is 0.851. The summed E-state index contributed by atoms with van der Waals surface area (Å²) in [6, 6.07) is 9.52. The van der Waals surface area contributed by atoms with Crippen LogP contribution in [0, 0.1) is 25.2 Å². The third kappa shape index (κ3) is 4.25. The van der Waals surface area contributed by atoms with Crippen LogP contribution in [0.3, 0.4) is 0 Å². The zero-order valence-corrected chi connectivity index (χ0v) is 12.1. The average Bonchev–Trinajstić information content (AvgIpc) is 3.16. The SMILES string of the molecule is Cc1cc(C)cc(N(C)CCC(C#N)NC2CC2)c1. The fourth-order valence-corrected chi connectivity index (χ4v) is 2.34. The standard InChI is InChI=1S/C16H23N3/c1-12-8-13(2)10-16(9-12)19(3)7-6-15(11-17)18-14-4-5-14/h8-10,14-15,18H,4-7H2,1-3H3. The largest absolute Gasteiger partial charge is 0.374 e. The Morgan fingerprint density at radius 1 is 1.32 bits per heavy atom. The summed E-state index contributed by atoms with van der Waals surface area (Å²) >= 11 is 0. The van der Waals surface area contributed by atoms with E-state index in [1.165, 1.54) is 29.7 Å². The van der Waals surface area contributed by atoms with Gasteiger partial charge in [-0.25, -0.2) is 0 Å². The number of benzene rings is 1. The normalized spacial score (nSPS) is 15.9. The molecule has 19 heavy (non-hydrogen) atoms. The molecule has 0 aromatic heterocycles. The Morgan fingerprint density at radius 2 is 1.95 bits per heavy atom. The smallest absolute Gasteiger partial charge is 0.0972 e. The molecule has 0 radical (unpaired) electrons. The molecule has 1 unspecified atom stereocenters. The van der Waals surface area contributed by atoms with Crippen LogP contribution in [0.5, 0.6) is 0 Å². The zero-order valence-electron chi connectivity index (χ0n) is 12.1. The topological polar surface area (TPSA) is 39.1 Å². The molecule has 1 fully saturated rings. The minimum absolute atomic E-state index is 0.0131. The molecule has 1 atom stereocenters. The van der Waals surface area contributed by atoms with Gasteiger partial charge in [-0.05, 0) is 56.4 Å². The third-order valence-electron chi connectivity index (χ3n) is 3.57. The summed E-state index contributed by atoms with van der Waals surface area (Å²) in [6.07, 6.45) is 3.33. The molecule has 0 saturated heterocycles. The van der Waals surface area contributed by atoms with E-state index < -0.39 is 0 Å². The van der Waals surface area contributed by atoms with Gasteiger partial charge in [-0.3, -0.25) is 5.32 Å². The fourth-order valence-electron chi connectivity index (χ4n) is 2.34. The monoisotopic (exact) mass is 257 g/mol.